The van der Waals surface area contributed by atoms with Gasteiger partial charge >= 0.3 is 0 Å². The van der Waals surface area contributed by atoms with Crippen molar-refractivity contribution in [2.75, 3.05) is 5.32 Å². The first-order valence-electron chi connectivity index (χ1n) is 9.93. The van der Waals surface area contributed by atoms with Gasteiger partial charge in [0.1, 0.15) is 10.8 Å². The normalized spacial score (nSPS) is 11.8. The molecule has 2 aromatic carbocycles. The Morgan fingerprint density at radius 3 is 2.47 bits per heavy atom. The quantitative estimate of drug-likeness (QED) is 0.437. The molecule has 1 N–H and O–H groups in total. The Kier molecular flexibility index (Phi) is 5.20. The number of fused-ring (bicyclic) bond motifs is 1. The fourth-order valence-electron chi connectivity index (χ4n) is 3.12. The van der Waals surface area contributed by atoms with E-state index < -0.39 is 0 Å². The largest absolute Gasteiger partial charge is 0.444 e. The Morgan fingerprint density at radius 2 is 1.80 bits per heavy atom. The van der Waals surface area contributed by atoms with Crippen molar-refractivity contribution >= 4 is 33.1 Å². The third kappa shape index (κ3) is 4.28. The van der Waals surface area contributed by atoms with Gasteiger partial charge in [0.2, 0.25) is 5.91 Å². The van der Waals surface area contributed by atoms with Crippen molar-refractivity contribution in [3.63, 3.8) is 0 Å². The molecule has 4 rings (SSSR count). The Hall–Kier alpha value is -2.99. The molecule has 2 heterocycles. The molecule has 0 unspecified atom stereocenters. The maximum Gasteiger partial charge on any atom is 0.232 e. The van der Waals surface area contributed by atoms with E-state index >= 15 is 0 Å². The van der Waals surface area contributed by atoms with Gasteiger partial charge < -0.3 is 9.73 Å². The number of oxazole rings is 1. The number of amides is 1. The summed E-state index contributed by atoms with van der Waals surface area (Å²) in [5.74, 6) is 1.13. The molecule has 5 nitrogen and oxygen atoms in total. The van der Waals surface area contributed by atoms with Crippen LogP contribution in [0.4, 0.5) is 5.69 Å². The first-order valence-corrected chi connectivity index (χ1v) is 10.7. The minimum absolute atomic E-state index is 0.127. The van der Waals surface area contributed by atoms with Crippen LogP contribution in [0.1, 0.15) is 43.7 Å². The van der Waals surface area contributed by atoms with E-state index in [0.717, 1.165) is 27.5 Å². The molecule has 30 heavy (non-hydrogen) atoms. The molecule has 0 aliphatic carbocycles. The number of carbonyl (C=O) groups excluding carboxylic acids is 1. The van der Waals surface area contributed by atoms with Crippen LogP contribution in [-0.2, 0) is 16.6 Å². The highest BCUT2D eigenvalue weighted by Gasteiger charge is 2.23. The summed E-state index contributed by atoms with van der Waals surface area (Å²) < 4.78 is 7.00. The Morgan fingerprint density at radius 1 is 1.07 bits per heavy atom. The molecule has 4 aromatic rings. The van der Waals surface area contributed by atoms with Crippen LogP contribution in [-0.4, -0.2) is 15.9 Å². The van der Waals surface area contributed by atoms with Crippen LogP contribution in [0.3, 0.4) is 0 Å². The molecule has 0 spiro atoms. The molecular formula is C24H25N3O2S. The molecule has 0 saturated heterocycles. The van der Waals surface area contributed by atoms with E-state index in [4.69, 9.17) is 9.40 Å². The molecule has 0 saturated carbocycles. The number of anilines is 1. The first kappa shape index (κ1) is 20.3. The van der Waals surface area contributed by atoms with Gasteiger partial charge in [0.15, 0.2) is 5.89 Å². The van der Waals surface area contributed by atoms with Crippen molar-refractivity contribution in [1.82, 2.24) is 9.97 Å². The summed E-state index contributed by atoms with van der Waals surface area (Å²) in [5, 5.41) is 3.91. The second-order valence-corrected chi connectivity index (χ2v) is 9.60. The highest BCUT2D eigenvalue weighted by molar-refractivity contribution is 7.21. The zero-order valence-electron chi connectivity index (χ0n) is 17.9. The SMILES string of the molecule is Cc1ccc2nc(-c3ccc(NC(=O)Cc4oc(C(C)(C)C)nc4C)cc3)sc2c1. The summed E-state index contributed by atoms with van der Waals surface area (Å²) in [6, 6.07) is 14.1. The molecular weight excluding hydrogens is 394 g/mol. The molecule has 6 heteroatoms. The fraction of sp³-hybridized carbons (Fsp3) is 0.292. The van der Waals surface area contributed by atoms with E-state index in [2.05, 4.69) is 35.4 Å². The van der Waals surface area contributed by atoms with Crippen molar-refractivity contribution in [1.29, 1.82) is 0 Å². The second-order valence-electron chi connectivity index (χ2n) is 8.57. The predicted molar refractivity (Wildman–Crippen MR) is 122 cm³/mol. The lowest BCUT2D eigenvalue weighted by molar-refractivity contribution is -0.115. The van der Waals surface area contributed by atoms with Crippen LogP contribution < -0.4 is 5.32 Å². The number of hydrogen-bond acceptors (Lipinski definition) is 5. The summed E-state index contributed by atoms with van der Waals surface area (Å²) >= 11 is 1.67. The standard InChI is InChI=1S/C24H25N3O2S/c1-14-6-11-18-20(12-14)30-22(27-18)16-7-9-17(10-8-16)26-21(28)13-19-15(2)25-23(29-19)24(3,4)5/h6-12H,13H2,1-5H3,(H,26,28). The Balaban J connectivity index is 1.45. The van der Waals surface area contributed by atoms with E-state index in [1.54, 1.807) is 11.3 Å². The van der Waals surface area contributed by atoms with Crippen LogP contribution >= 0.6 is 11.3 Å². The van der Waals surface area contributed by atoms with Crippen molar-refractivity contribution in [3.8, 4) is 10.6 Å². The minimum atomic E-state index is -0.186. The van der Waals surface area contributed by atoms with E-state index in [1.165, 1.54) is 10.3 Å². The van der Waals surface area contributed by atoms with E-state index in [1.807, 2.05) is 52.0 Å². The van der Waals surface area contributed by atoms with Gasteiger partial charge in [0, 0.05) is 16.7 Å². The number of aryl methyl sites for hydroxylation is 2. The third-order valence-electron chi connectivity index (χ3n) is 4.81. The molecule has 2 aromatic heterocycles. The number of nitrogens with one attached hydrogen (secondary N) is 1. The Labute approximate surface area is 180 Å². The maximum atomic E-state index is 12.5. The molecule has 0 aliphatic rings. The molecule has 154 valence electrons. The van der Waals surface area contributed by atoms with Gasteiger partial charge in [-0.05, 0) is 55.8 Å². The van der Waals surface area contributed by atoms with Gasteiger partial charge in [0.05, 0.1) is 22.3 Å². The van der Waals surface area contributed by atoms with Gasteiger partial charge in [-0.1, -0.05) is 26.8 Å². The van der Waals surface area contributed by atoms with E-state index in [9.17, 15) is 4.79 Å². The third-order valence-corrected chi connectivity index (χ3v) is 5.88. The van der Waals surface area contributed by atoms with Crippen LogP contribution in [0.2, 0.25) is 0 Å². The smallest absolute Gasteiger partial charge is 0.232 e. The lowest BCUT2D eigenvalue weighted by atomic mass is 9.97. The lowest BCUT2D eigenvalue weighted by Crippen LogP contribution is -2.14. The second kappa shape index (κ2) is 7.69. The monoisotopic (exact) mass is 419 g/mol. The number of aromatic nitrogens is 2. The summed E-state index contributed by atoms with van der Waals surface area (Å²) in [6.45, 7) is 10.1. The number of hydrogen-bond donors (Lipinski definition) is 1. The van der Waals surface area contributed by atoms with Crippen molar-refractivity contribution in [3.05, 3.63) is 65.4 Å². The zero-order valence-corrected chi connectivity index (χ0v) is 18.7. The molecule has 1 amide bonds. The number of carbonyl (C=O) groups is 1. The lowest BCUT2D eigenvalue weighted by Gasteiger charge is -2.12. The predicted octanol–water partition coefficient (Wildman–Crippen LogP) is 6.05. The Bertz CT molecular complexity index is 1210. The average Bonchev–Trinajstić information content (AvgIpc) is 3.25. The highest BCUT2D eigenvalue weighted by Crippen LogP contribution is 2.31. The van der Waals surface area contributed by atoms with Crippen molar-refractivity contribution in [2.24, 2.45) is 0 Å². The number of benzene rings is 2. The minimum Gasteiger partial charge on any atom is -0.444 e. The van der Waals surface area contributed by atoms with Gasteiger partial charge in [-0.15, -0.1) is 11.3 Å². The summed E-state index contributed by atoms with van der Waals surface area (Å²) in [4.78, 5) is 21.7. The number of nitrogens with zero attached hydrogens (tertiary/aromatic N) is 2. The number of thiazole rings is 1. The van der Waals surface area contributed by atoms with Crippen molar-refractivity contribution in [2.45, 2.75) is 46.5 Å². The fourth-order valence-corrected chi connectivity index (χ4v) is 4.18. The summed E-state index contributed by atoms with van der Waals surface area (Å²) in [5.41, 5.74) is 4.59. The highest BCUT2D eigenvalue weighted by atomic mass is 32.1. The van der Waals surface area contributed by atoms with Gasteiger partial charge in [0.25, 0.3) is 0 Å². The summed E-state index contributed by atoms with van der Waals surface area (Å²) in [6.07, 6.45) is 0.161. The van der Waals surface area contributed by atoms with E-state index in [0.29, 0.717) is 11.7 Å². The average molecular weight is 420 g/mol. The molecule has 0 radical (unpaired) electrons. The molecule has 0 aliphatic heterocycles. The van der Waals surface area contributed by atoms with Crippen LogP contribution in [0.15, 0.2) is 46.9 Å². The van der Waals surface area contributed by atoms with Gasteiger partial charge in [-0.25, -0.2) is 9.97 Å². The van der Waals surface area contributed by atoms with Crippen LogP contribution in [0, 0.1) is 13.8 Å². The molecule has 0 fully saturated rings. The molecule has 0 atom stereocenters. The summed E-state index contributed by atoms with van der Waals surface area (Å²) in [7, 11) is 0. The number of rotatable bonds is 4. The first-order chi connectivity index (χ1) is 14.2. The maximum absolute atomic E-state index is 12.5. The van der Waals surface area contributed by atoms with E-state index in [-0.39, 0.29) is 17.7 Å². The molecule has 0 bridgehead atoms. The topological polar surface area (TPSA) is 68.0 Å². The van der Waals surface area contributed by atoms with Gasteiger partial charge in [-0.3, -0.25) is 4.79 Å². The zero-order chi connectivity index (χ0) is 21.5. The van der Waals surface area contributed by atoms with Gasteiger partial charge in [-0.2, -0.15) is 0 Å². The van der Waals surface area contributed by atoms with Crippen molar-refractivity contribution < 1.29 is 9.21 Å². The van der Waals surface area contributed by atoms with Crippen LogP contribution in [0.25, 0.3) is 20.8 Å². The van der Waals surface area contributed by atoms with Crippen LogP contribution in [0.5, 0.6) is 0 Å².